The average molecular weight is 459 g/mol. The molecule has 0 radical (unpaired) electrons. The van der Waals surface area contributed by atoms with Crippen molar-refractivity contribution >= 4 is 51.7 Å². The molecule has 2 aromatic rings. The summed E-state index contributed by atoms with van der Waals surface area (Å²) in [5.41, 5.74) is 0.554. The third kappa shape index (κ3) is 3.75. The molecule has 1 aliphatic rings. The van der Waals surface area contributed by atoms with Crippen molar-refractivity contribution in [2.24, 2.45) is 0 Å². The number of amides is 2. The molecule has 7 heteroatoms. The Balaban J connectivity index is 1.77. The molecular weight excluding hydrogens is 443 g/mol. The second kappa shape index (κ2) is 7.57. The highest BCUT2D eigenvalue weighted by molar-refractivity contribution is 14.1. The Morgan fingerprint density at radius 2 is 2.12 bits per heavy atom. The summed E-state index contributed by atoms with van der Waals surface area (Å²) in [5, 5.41) is 3.32. The number of furan rings is 1. The molecule has 1 N–H and O–H groups in total. The van der Waals surface area contributed by atoms with Crippen LogP contribution in [0.5, 0.6) is 0 Å². The minimum absolute atomic E-state index is 0.224. The van der Waals surface area contributed by atoms with Gasteiger partial charge in [0.2, 0.25) is 5.91 Å². The highest BCUT2D eigenvalue weighted by atomic mass is 127. The predicted molar refractivity (Wildman–Crippen MR) is 100 cm³/mol. The van der Waals surface area contributed by atoms with Gasteiger partial charge in [-0.2, -0.15) is 0 Å². The van der Waals surface area contributed by atoms with Gasteiger partial charge in [0.05, 0.1) is 17.0 Å². The molecular formula is C17H16ClIN2O3. The molecule has 1 saturated heterocycles. The number of piperidine rings is 1. The standard InChI is InChI=1S/C17H16ClIN2O3/c18-12-10-11(19)6-7-13(12)20-16(22)14-4-1-2-8-21(14)17(23)15-5-3-9-24-15/h3,5-7,9-10,14H,1-2,4,8H2,(H,20,22). The van der Waals surface area contributed by atoms with Gasteiger partial charge in [0.1, 0.15) is 6.04 Å². The smallest absolute Gasteiger partial charge is 0.290 e. The van der Waals surface area contributed by atoms with E-state index in [9.17, 15) is 9.59 Å². The normalized spacial score (nSPS) is 17.6. The SMILES string of the molecule is O=C(Nc1ccc(I)cc1Cl)C1CCCCN1C(=O)c1ccco1. The number of carbonyl (C=O) groups excluding carboxylic acids is 2. The van der Waals surface area contributed by atoms with Crippen LogP contribution in [0.3, 0.4) is 0 Å². The van der Waals surface area contributed by atoms with Gasteiger partial charge in [-0.3, -0.25) is 9.59 Å². The van der Waals surface area contributed by atoms with Crippen molar-refractivity contribution in [2.75, 3.05) is 11.9 Å². The molecule has 1 aliphatic heterocycles. The van der Waals surface area contributed by atoms with E-state index in [4.69, 9.17) is 16.0 Å². The van der Waals surface area contributed by atoms with E-state index in [1.807, 2.05) is 6.07 Å². The van der Waals surface area contributed by atoms with Gasteiger partial charge in [0.15, 0.2) is 5.76 Å². The van der Waals surface area contributed by atoms with E-state index in [0.29, 0.717) is 23.7 Å². The molecule has 0 aliphatic carbocycles. The molecule has 126 valence electrons. The Labute approximate surface area is 158 Å². The first-order chi connectivity index (χ1) is 11.6. The minimum atomic E-state index is -0.522. The van der Waals surface area contributed by atoms with E-state index in [-0.39, 0.29) is 17.6 Å². The molecule has 1 aromatic heterocycles. The highest BCUT2D eigenvalue weighted by Gasteiger charge is 2.33. The second-order valence-corrected chi connectivity index (χ2v) is 7.25. The van der Waals surface area contributed by atoms with E-state index in [1.165, 1.54) is 6.26 Å². The van der Waals surface area contributed by atoms with Crippen LogP contribution in [0.15, 0.2) is 41.0 Å². The van der Waals surface area contributed by atoms with Crippen LogP contribution in [0.2, 0.25) is 5.02 Å². The van der Waals surface area contributed by atoms with Crippen LogP contribution in [-0.2, 0) is 4.79 Å². The molecule has 1 aromatic carbocycles. The molecule has 2 amide bonds. The van der Waals surface area contributed by atoms with E-state index in [1.54, 1.807) is 29.2 Å². The van der Waals surface area contributed by atoms with Gasteiger partial charge >= 0.3 is 0 Å². The van der Waals surface area contributed by atoms with Gasteiger partial charge in [0, 0.05) is 10.1 Å². The maximum Gasteiger partial charge on any atom is 0.290 e. The van der Waals surface area contributed by atoms with Crippen molar-refractivity contribution < 1.29 is 14.0 Å². The van der Waals surface area contributed by atoms with Crippen LogP contribution in [0.25, 0.3) is 0 Å². The molecule has 3 rings (SSSR count). The summed E-state index contributed by atoms with van der Waals surface area (Å²) in [6.45, 7) is 0.540. The van der Waals surface area contributed by atoms with Crippen molar-refractivity contribution in [3.8, 4) is 0 Å². The Bertz CT molecular complexity index is 748. The molecule has 2 heterocycles. The van der Waals surface area contributed by atoms with Crippen LogP contribution < -0.4 is 5.32 Å². The fourth-order valence-electron chi connectivity index (χ4n) is 2.80. The first-order valence-electron chi connectivity index (χ1n) is 7.66. The summed E-state index contributed by atoms with van der Waals surface area (Å²) < 4.78 is 6.17. The minimum Gasteiger partial charge on any atom is -0.459 e. The van der Waals surface area contributed by atoms with Gasteiger partial charge in [0.25, 0.3) is 5.91 Å². The Kier molecular flexibility index (Phi) is 5.45. The highest BCUT2D eigenvalue weighted by Crippen LogP contribution is 2.26. The lowest BCUT2D eigenvalue weighted by Crippen LogP contribution is -2.49. The first-order valence-corrected chi connectivity index (χ1v) is 9.12. The number of nitrogens with one attached hydrogen (secondary N) is 1. The summed E-state index contributed by atoms with van der Waals surface area (Å²) >= 11 is 8.33. The van der Waals surface area contributed by atoms with E-state index in [2.05, 4.69) is 27.9 Å². The van der Waals surface area contributed by atoms with E-state index < -0.39 is 6.04 Å². The number of hydrogen-bond donors (Lipinski definition) is 1. The number of carbonyl (C=O) groups is 2. The van der Waals surface area contributed by atoms with Crippen molar-refractivity contribution in [3.05, 3.63) is 50.9 Å². The fourth-order valence-corrected chi connectivity index (χ4v) is 3.70. The van der Waals surface area contributed by atoms with Crippen molar-refractivity contribution in [2.45, 2.75) is 25.3 Å². The topological polar surface area (TPSA) is 62.6 Å². The number of anilines is 1. The molecule has 0 spiro atoms. The monoisotopic (exact) mass is 458 g/mol. The number of hydrogen-bond acceptors (Lipinski definition) is 3. The van der Waals surface area contributed by atoms with Crippen molar-refractivity contribution in [3.63, 3.8) is 0 Å². The molecule has 1 fully saturated rings. The molecule has 24 heavy (non-hydrogen) atoms. The Morgan fingerprint density at radius 1 is 1.29 bits per heavy atom. The van der Waals surface area contributed by atoms with E-state index in [0.717, 1.165) is 16.4 Å². The quantitative estimate of drug-likeness (QED) is 0.702. The Morgan fingerprint density at radius 3 is 2.83 bits per heavy atom. The fraction of sp³-hybridized carbons (Fsp3) is 0.294. The largest absolute Gasteiger partial charge is 0.459 e. The summed E-state index contributed by atoms with van der Waals surface area (Å²) in [6.07, 6.45) is 3.86. The van der Waals surface area contributed by atoms with Gasteiger partial charge in [-0.05, 0) is 72.2 Å². The first kappa shape index (κ1) is 17.3. The summed E-state index contributed by atoms with van der Waals surface area (Å²) in [5.74, 6) is -0.228. The number of halogens is 2. The maximum atomic E-state index is 12.7. The molecule has 1 atom stereocenters. The molecule has 0 saturated carbocycles. The van der Waals surface area contributed by atoms with Crippen molar-refractivity contribution in [1.29, 1.82) is 0 Å². The van der Waals surface area contributed by atoms with E-state index >= 15 is 0 Å². The van der Waals surface area contributed by atoms with Crippen LogP contribution in [0.4, 0.5) is 5.69 Å². The molecule has 1 unspecified atom stereocenters. The lowest BCUT2D eigenvalue weighted by molar-refractivity contribution is -0.121. The average Bonchev–Trinajstić information content (AvgIpc) is 3.11. The number of likely N-dealkylation sites (tertiary alicyclic amines) is 1. The number of benzene rings is 1. The lowest BCUT2D eigenvalue weighted by Gasteiger charge is -2.34. The van der Waals surface area contributed by atoms with Gasteiger partial charge in [-0.15, -0.1) is 0 Å². The maximum absolute atomic E-state index is 12.7. The third-order valence-electron chi connectivity index (χ3n) is 3.99. The van der Waals surface area contributed by atoms with Crippen LogP contribution in [-0.4, -0.2) is 29.3 Å². The van der Waals surface area contributed by atoms with Gasteiger partial charge in [-0.1, -0.05) is 11.6 Å². The zero-order valence-corrected chi connectivity index (χ0v) is 15.7. The predicted octanol–water partition coefficient (Wildman–Crippen LogP) is 4.17. The number of rotatable bonds is 3. The van der Waals surface area contributed by atoms with Crippen LogP contribution >= 0.6 is 34.2 Å². The van der Waals surface area contributed by atoms with Crippen LogP contribution in [0.1, 0.15) is 29.8 Å². The third-order valence-corrected chi connectivity index (χ3v) is 4.97. The summed E-state index contributed by atoms with van der Waals surface area (Å²) in [7, 11) is 0. The summed E-state index contributed by atoms with van der Waals surface area (Å²) in [4.78, 5) is 26.8. The molecule has 5 nitrogen and oxygen atoms in total. The second-order valence-electron chi connectivity index (χ2n) is 5.60. The zero-order chi connectivity index (χ0) is 17.1. The van der Waals surface area contributed by atoms with Gasteiger partial charge < -0.3 is 14.6 Å². The lowest BCUT2D eigenvalue weighted by atomic mass is 10.0. The summed E-state index contributed by atoms with van der Waals surface area (Å²) in [6, 6.07) is 8.17. The van der Waals surface area contributed by atoms with Crippen molar-refractivity contribution in [1.82, 2.24) is 4.90 Å². The Hall–Kier alpha value is -1.54. The molecule has 0 bridgehead atoms. The zero-order valence-electron chi connectivity index (χ0n) is 12.8. The van der Waals surface area contributed by atoms with Gasteiger partial charge in [-0.25, -0.2) is 0 Å². The van der Waals surface area contributed by atoms with Crippen LogP contribution in [0, 0.1) is 3.57 Å². The number of nitrogens with zero attached hydrogens (tertiary/aromatic N) is 1.